The number of hydrogen-bond acceptors (Lipinski definition) is 3. The summed E-state index contributed by atoms with van der Waals surface area (Å²) in [5, 5.41) is 8.79. The summed E-state index contributed by atoms with van der Waals surface area (Å²) in [6.07, 6.45) is -0.00979. The maximum atomic E-state index is 12.1. The van der Waals surface area contributed by atoms with Gasteiger partial charge in [0.15, 0.2) is 0 Å². The first kappa shape index (κ1) is 17.4. The summed E-state index contributed by atoms with van der Waals surface area (Å²) < 4.78 is 0. The van der Waals surface area contributed by atoms with Crippen LogP contribution in [0, 0.1) is 11.3 Å². The van der Waals surface area contributed by atoms with Gasteiger partial charge >= 0.3 is 5.97 Å². The van der Waals surface area contributed by atoms with Gasteiger partial charge < -0.3 is 15.7 Å². The Morgan fingerprint density at radius 1 is 1.21 bits per heavy atom. The highest BCUT2D eigenvalue weighted by molar-refractivity contribution is 5.84. The fraction of sp³-hybridized carbons (Fsp3) is 0.769. The molecule has 0 rings (SSSR count). The maximum Gasteiger partial charge on any atom is 0.303 e. The number of aliphatic carboxylic acids is 1. The Hall–Kier alpha value is -1.59. The van der Waals surface area contributed by atoms with E-state index in [9.17, 15) is 14.4 Å². The first-order chi connectivity index (χ1) is 8.53. The predicted octanol–water partition coefficient (Wildman–Crippen LogP) is 0.847. The second kappa shape index (κ2) is 7.11. The standard InChI is InChI=1S/C13H24N2O4/c1-9(2)7-15(8-10(14)16)11(17)5-13(3,4)6-12(18)19/h9H,5-8H2,1-4H3,(H2,14,16)(H,18,19). The molecule has 0 aromatic rings. The van der Waals surface area contributed by atoms with E-state index >= 15 is 0 Å². The molecule has 0 heterocycles. The molecule has 19 heavy (non-hydrogen) atoms. The molecule has 0 saturated heterocycles. The second-order valence-corrected chi connectivity index (χ2v) is 6.05. The van der Waals surface area contributed by atoms with Crippen LogP contribution in [0.5, 0.6) is 0 Å². The third-order valence-corrected chi connectivity index (χ3v) is 2.54. The van der Waals surface area contributed by atoms with Crippen LogP contribution in [0.15, 0.2) is 0 Å². The van der Waals surface area contributed by atoms with Crippen LogP contribution < -0.4 is 5.73 Å². The minimum atomic E-state index is -0.942. The van der Waals surface area contributed by atoms with Gasteiger partial charge in [-0.15, -0.1) is 0 Å². The summed E-state index contributed by atoms with van der Waals surface area (Å²) in [6.45, 7) is 7.62. The quantitative estimate of drug-likeness (QED) is 0.684. The Morgan fingerprint density at radius 2 is 1.74 bits per heavy atom. The van der Waals surface area contributed by atoms with Crippen LogP contribution in [0.3, 0.4) is 0 Å². The molecule has 0 unspecified atom stereocenters. The summed E-state index contributed by atoms with van der Waals surface area (Å²) in [7, 11) is 0. The van der Waals surface area contributed by atoms with E-state index in [1.807, 2.05) is 13.8 Å². The van der Waals surface area contributed by atoms with Crippen molar-refractivity contribution in [3.63, 3.8) is 0 Å². The van der Waals surface area contributed by atoms with Gasteiger partial charge in [-0.1, -0.05) is 27.7 Å². The van der Waals surface area contributed by atoms with Crippen LogP contribution >= 0.6 is 0 Å². The van der Waals surface area contributed by atoms with E-state index in [-0.39, 0.29) is 31.2 Å². The van der Waals surface area contributed by atoms with Crippen molar-refractivity contribution in [2.75, 3.05) is 13.1 Å². The zero-order valence-corrected chi connectivity index (χ0v) is 12.1. The molecule has 0 radical (unpaired) electrons. The molecule has 0 bridgehead atoms. The Bertz CT molecular complexity index is 351. The molecule has 0 fully saturated rings. The van der Waals surface area contributed by atoms with Gasteiger partial charge in [-0.25, -0.2) is 0 Å². The van der Waals surface area contributed by atoms with Crippen LogP contribution in [0.1, 0.15) is 40.5 Å². The van der Waals surface area contributed by atoms with Crippen LogP contribution in [-0.2, 0) is 14.4 Å². The summed E-state index contributed by atoms with van der Waals surface area (Å²) in [5.74, 6) is -1.53. The number of carbonyl (C=O) groups is 3. The molecule has 3 N–H and O–H groups in total. The van der Waals surface area contributed by atoms with Crippen molar-refractivity contribution >= 4 is 17.8 Å². The molecule has 6 heteroatoms. The predicted molar refractivity (Wildman–Crippen MR) is 71.3 cm³/mol. The Kier molecular flexibility index (Phi) is 6.52. The Morgan fingerprint density at radius 3 is 2.11 bits per heavy atom. The summed E-state index contributed by atoms with van der Waals surface area (Å²) >= 11 is 0. The highest BCUT2D eigenvalue weighted by Gasteiger charge is 2.28. The lowest BCUT2D eigenvalue weighted by molar-refractivity contribution is -0.142. The number of nitrogens with zero attached hydrogens (tertiary/aromatic N) is 1. The topological polar surface area (TPSA) is 101 Å². The average molecular weight is 272 g/mol. The van der Waals surface area contributed by atoms with E-state index in [0.717, 1.165) is 0 Å². The van der Waals surface area contributed by atoms with Gasteiger partial charge in [0.25, 0.3) is 0 Å². The van der Waals surface area contributed by atoms with Crippen molar-refractivity contribution in [3.8, 4) is 0 Å². The number of carbonyl (C=O) groups excluding carboxylic acids is 2. The number of hydrogen-bond donors (Lipinski definition) is 2. The van der Waals surface area contributed by atoms with Gasteiger partial charge in [0.05, 0.1) is 13.0 Å². The molecule has 0 spiro atoms. The van der Waals surface area contributed by atoms with E-state index in [0.29, 0.717) is 6.54 Å². The number of amides is 2. The van der Waals surface area contributed by atoms with Crippen molar-refractivity contribution in [1.82, 2.24) is 4.90 Å². The lowest BCUT2D eigenvalue weighted by Gasteiger charge is -2.28. The molecule has 0 atom stereocenters. The van der Waals surface area contributed by atoms with Crippen molar-refractivity contribution in [2.45, 2.75) is 40.5 Å². The molecule has 0 aliphatic heterocycles. The lowest BCUT2D eigenvalue weighted by Crippen LogP contribution is -2.42. The number of carboxylic acids is 1. The molecule has 6 nitrogen and oxygen atoms in total. The van der Waals surface area contributed by atoms with E-state index in [4.69, 9.17) is 10.8 Å². The molecule has 0 aromatic heterocycles. The minimum absolute atomic E-state index is 0.0826. The average Bonchev–Trinajstić information content (AvgIpc) is 2.11. The zero-order valence-electron chi connectivity index (χ0n) is 12.1. The number of primary amides is 1. The van der Waals surface area contributed by atoms with Crippen LogP contribution in [0.25, 0.3) is 0 Å². The van der Waals surface area contributed by atoms with E-state index in [2.05, 4.69) is 0 Å². The van der Waals surface area contributed by atoms with E-state index in [1.54, 1.807) is 13.8 Å². The first-order valence-corrected chi connectivity index (χ1v) is 6.31. The van der Waals surface area contributed by atoms with Gasteiger partial charge in [0.1, 0.15) is 0 Å². The first-order valence-electron chi connectivity index (χ1n) is 6.31. The van der Waals surface area contributed by atoms with E-state index < -0.39 is 17.3 Å². The normalized spacial score (nSPS) is 11.4. The second-order valence-electron chi connectivity index (χ2n) is 6.05. The Balaban J connectivity index is 4.70. The maximum absolute atomic E-state index is 12.1. The van der Waals surface area contributed by atoms with E-state index in [1.165, 1.54) is 4.90 Å². The van der Waals surface area contributed by atoms with Crippen molar-refractivity contribution in [3.05, 3.63) is 0 Å². The monoisotopic (exact) mass is 272 g/mol. The fourth-order valence-corrected chi connectivity index (χ4v) is 1.88. The third kappa shape index (κ3) is 8.18. The highest BCUT2D eigenvalue weighted by atomic mass is 16.4. The van der Waals surface area contributed by atoms with Gasteiger partial charge in [-0.05, 0) is 11.3 Å². The largest absolute Gasteiger partial charge is 0.481 e. The number of nitrogens with two attached hydrogens (primary N) is 1. The molecule has 0 aliphatic carbocycles. The van der Waals surface area contributed by atoms with Gasteiger partial charge in [-0.3, -0.25) is 14.4 Å². The molecular weight excluding hydrogens is 248 g/mol. The zero-order chi connectivity index (χ0) is 15.2. The summed E-state index contributed by atoms with van der Waals surface area (Å²) in [6, 6.07) is 0. The smallest absolute Gasteiger partial charge is 0.303 e. The molecular formula is C13H24N2O4. The molecule has 0 saturated carbocycles. The fourth-order valence-electron chi connectivity index (χ4n) is 1.88. The Labute approximate surface area is 113 Å². The molecule has 0 aliphatic rings. The molecule has 0 aromatic carbocycles. The van der Waals surface area contributed by atoms with Crippen LogP contribution in [-0.4, -0.2) is 40.9 Å². The van der Waals surface area contributed by atoms with Crippen LogP contribution in [0.4, 0.5) is 0 Å². The van der Waals surface area contributed by atoms with Gasteiger partial charge in [-0.2, -0.15) is 0 Å². The molecule has 110 valence electrons. The minimum Gasteiger partial charge on any atom is -0.481 e. The summed E-state index contributed by atoms with van der Waals surface area (Å²) in [4.78, 5) is 35.2. The highest BCUT2D eigenvalue weighted by Crippen LogP contribution is 2.26. The van der Waals surface area contributed by atoms with Crippen molar-refractivity contribution < 1.29 is 19.5 Å². The number of rotatable bonds is 8. The van der Waals surface area contributed by atoms with Gasteiger partial charge in [0.2, 0.25) is 11.8 Å². The SMILES string of the molecule is CC(C)CN(CC(N)=O)C(=O)CC(C)(C)CC(=O)O. The van der Waals surface area contributed by atoms with Crippen LogP contribution in [0.2, 0.25) is 0 Å². The molecule has 2 amide bonds. The summed E-state index contributed by atoms with van der Waals surface area (Å²) in [5.41, 5.74) is 4.48. The van der Waals surface area contributed by atoms with Crippen molar-refractivity contribution in [2.24, 2.45) is 17.1 Å². The van der Waals surface area contributed by atoms with Gasteiger partial charge in [0, 0.05) is 13.0 Å². The van der Waals surface area contributed by atoms with Crippen molar-refractivity contribution in [1.29, 1.82) is 0 Å². The lowest BCUT2D eigenvalue weighted by atomic mass is 9.85. The number of carboxylic acid groups (broad SMARTS) is 1. The third-order valence-electron chi connectivity index (χ3n) is 2.54.